The van der Waals surface area contributed by atoms with E-state index in [-0.39, 0.29) is 12.2 Å². The summed E-state index contributed by atoms with van der Waals surface area (Å²) < 4.78 is 42.7. The summed E-state index contributed by atoms with van der Waals surface area (Å²) in [5.41, 5.74) is -0.199. The van der Waals surface area contributed by atoms with Crippen LogP contribution in [0, 0.1) is 0 Å². The monoisotopic (exact) mass is 292 g/mol. The van der Waals surface area contributed by atoms with Crippen LogP contribution < -0.4 is 4.74 Å². The number of rotatable bonds is 6. The molecule has 0 aromatic heterocycles. The van der Waals surface area contributed by atoms with E-state index in [1.807, 2.05) is 0 Å². The number of hydrogen-bond donors (Lipinski definition) is 2. The van der Waals surface area contributed by atoms with Crippen molar-refractivity contribution in [3.8, 4) is 5.75 Å². The summed E-state index contributed by atoms with van der Waals surface area (Å²) in [7, 11) is 1.30. The third-order valence-corrected chi connectivity index (χ3v) is 3.19. The number of ether oxygens (including phenoxy) is 1. The first kappa shape index (κ1) is 16.8. The number of aryl methyl sites for hydroxylation is 1. The van der Waals surface area contributed by atoms with Crippen molar-refractivity contribution in [1.82, 2.24) is 0 Å². The van der Waals surface area contributed by atoms with E-state index in [0.29, 0.717) is 18.4 Å². The summed E-state index contributed by atoms with van der Waals surface area (Å²) in [4.78, 5) is 0. The van der Waals surface area contributed by atoms with Gasteiger partial charge in [-0.25, -0.2) is 0 Å². The molecule has 0 bridgehead atoms. The maximum Gasteiger partial charge on any atom is 0.416 e. The second-order valence-corrected chi connectivity index (χ2v) is 4.61. The van der Waals surface area contributed by atoms with Gasteiger partial charge in [-0.05, 0) is 37.0 Å². The predicted octanol–water partition coefficient (Wildman–Crippen LogP) is 2.78. The normalized spacial score (nSPS) is 14.9. The highest BCUT2D eigenvalue weighted by Crippen LogP contribution is 2.33. The van der Waals surface area contributed by atoms with Gasteiger partial charge in [0, 0.05) is 0 Å². The number of benzene rings is 1. The fraction of sp³-hybridized carbons (Fsp3) is 0.571. The summed E-state index contributed by atoms with van der Waals surface area (Å²) in [5, 5.41) is 19.1. The highest BCUT2D eigenvalue weighted by Gasteiger charge is 2.31. The Hall–Kier alpha value is -1.27. The molecule has 0 saturated carbocycles. The Bertz CT molecular complexity index is 432. The van der Waals surface area contributed by atoms with Gasteiger partial charge in [0.1, 0.15) is 5.75 Å². The van der Waals surface area contributed by atoms with Gasteiger partial charge in [-0.2, -0.15) is 13.2 Å². The molecular formula is C14H19F3O3. The maximum atomic E-state index is 12.6. The molecule has 0 amide bonds. The van der Waals surface area contributed by atoms with Crippen molar-refractivity contribution in [1.29, 1.82) is 0 Å². The zero-order chi connectivity index (χ0) is 15.3. The van der Waals surface area contributed by atoms with Crippen LogP contribution in [0.5, 0.6) is 5.75 Å². The van der Waals surface area contributed by atoms with Crippen molar-refractivity contribution in [2.24, 2.45) is 0 Å². The number of hydrogen-bond acceptors (Lipinski definition) is 3. The zero-order valence-corrected chi connectivity index (χ0v) is 11.4. The number of aliphatic hydroxyl groups is 2. The Morgan fingerprint density at radius 1 is 1.20 bits per heavy atom. The molecule has 0 saturated heterocycles. The van der Waals surface area contributed by atoms with E-state index in [9.17, 15) is 23.4 Å². The predicted molar refractivity (Wildman–Crippen MR) is 68.6 cm³/mol. The van der Waals surface area contributed by atoms with E-state index in [4.69, 9.17) is 4.74 Å². The minimum absolute atomic E-state index is 0.137. The first-order chi connectivity index (χ1) is 9.29. The summed E-state index contributed by atoms with van der Waals surface area (Å²) in [6.45, 7) is 1.74. The van der Waals surface area contributed by atoms with Crippen LogP contribution in [0.2, 0.25) is 0 Å². The van der Waals surface area contributed by atoms with Crippen molar-refractivity contribution in [3.63, 3.8) is 0 Å². The Morgan fingerprint density at radius 2 is 1.85 bits per heavy atom. The van der Waals surface area contributed by atoms with Crippen molar-refractivity contribution in [2.45, 2.75) is 44.6 Å². The van der Waals surface area contributed by atoms with Crippen LogP contribution in [0.25, 0.3) is 0 Å². The van der Waals surface area contributed by atoms with Crippen LogP contribution in [0.3, 0.4) is 0 Å². The molecule has 6 heteroatoms. The lowest BCUT2D eigenvalue weighted by Gasteiger charge is -2.17. The van der Waals surface area contributed by atoms with Crippen molar-refractivity contribution in [3.05, 3.63) is 29.3 Å². The van der Waals surface area contributed by atoms with Gasteiger partial charge in [0.15, 0.2) is 0 Å². The van der Waals surface area contributed by atoms with Gasteiger partial charge in [0.25, 0.3) is 0 Å². The summed E-state index contributed by atoms with van der Waals surface area (Å²) in [6.07, 6.45) is -5.12. The first-order valence-corrected chi connectivity index (χ1v) is 6.39. The maximum absolute atomic E-state index is 12.6. The van der Waals surface area contributed by atoms with Crippen LogP contribution in [0.4, 0.5) is 13.2 Å². The smallest absolute Gasteiger partial charge is 0.416 e. The molecule has 114 valence electrons. The zero-order valence-electron chi connectivity index (χ0n) is 11.4. The van der Waals surface area contributed by atoms with E-state index in [1.54, 1.807) is 6.92 Å². The highest BCUT2D eigenvalue weighted by atomic mass is 19.4. The van der Waals surface area contributed by atoms with Gasteiger partial charge in [-0.15, -0.1) is 0 Å². The average molecular weight is 292 g/mol. The van der Waals surface area contributed by atoms with Crippen molar-refractivity contribution in [2.75, 3.05) is 7.11 Å². The average Bonchev–Trinajstić information content (AvgIpc) is 2.42. The van der Waals surface area contributed by atoms with Crippen LogP contribution in [0.1, 0.15) is 30.9 Å². The first-order valence-electron chi connectivity index (χ1n) is 6.39. The Balaban J connectivity index is 2.81. The van der Waals surface area contributed by atoms with Gasteiger partial charge in [-0.1, -0.05) is 13.0 Å². The van der Waals surface area contributed by atoms with Gasteiger partial charge in [-0.3, -0.25) is 0 Å². The Morgan fingerprint density at radius 3 is 2.35 bits per heavy atom. The molecule has 20 heavy (non-hydrogen) atoms. The lowest BCUT2D eigenvalue weighted by Crippen LogP contribution is -2.25. The molecule has 1 rings (SSSR count). The largest absolute Gasteiger partial charge is 0.496 e. The second-order valence-electron chi connectivity index (χ2n) is 4.61. The van der Waals surface area contributed by atoms with Crippen LogP contribution in [-0.2, 0) is 12.6 Å². The third kappa shape index (κ3) is 4.38. The number of alkyl halides is 3. The fourth-order valence-corrected chi connectivity index (χ4v) is 1.90. The van der Waals surface area contributed by atoms with Gasteiger partial charge < -0.3 is 14.9 Å². The lowest BCUT2D eigenvalue weighted by atomic mass is 10.0. The van der Waals surface area contributed by atoms with E-state index < -0.39 is 23.9 Å². The van der Waals surface area contributed by atoms with Crippen LogP contribution in [-0.4, -0.2) is 29.5 Å². The van der Waals surface area contributed by atoms with Gasteiger partial charge >= 0.3 is 6.18 Å². The molecule has 2 atom stereocenters. The second kappa shape index (κ2) is 6.95. The molecule has 0 fully saturated rings. The molecule has 0 aliphatic heterocycles. The van der Waals surface area contributed by atoms with Crippen molar-refractivity contribution < 1.29 is 28.1 Å². The van der Waals surface area contributed by atoms with E-state index in [1.165, 1.54) is 13.2 Å². The molecule has 0 radical (unpaired) electrons. The molecule has 1 aromatic carbocycles. The quantitative estimate of drug-likeness (QED) is 0.847. The highest BCUT2D eigenvalue weighted by molar-refractivity contribution is 5.38. The molecule has 0 aliphatic carbocycles. The molecule has 2 unspecified atom stereocenters. The number of halogens is 3. The molecular weight excluding hydrogens is 273 g/mol. The molecule has 3 nitrogen and oxygen atoms in total. The summed E-state index contributed by atoms with van der Waals surface area (Å²) >= 11 is 0. The molecule has 0 heterocycles. The minimum atomic E-state index is -4.41. The lowest BCUT2D eigenvalue weighted by molar-refractivity contribution is -0.137. The Labute approximate surface area is 116 Å². The van der Waals surface area contributed by atoms with Crippen molar-refractivity contribution >= 4 is 0 Å². The van der Waals surface area contributed by atoms with Gasteiger partial charge in [0.05, 0.1) is 24.9 Å². The molecule has 0 aliphatic rings. The van der Waals surface area contributed by atoms with Crippen LogP contribution in [0.15, 0.2) is 18.2 Å². The molecule has 2 N–H and O–H groups in total. The van der Waals surface area contributed by atoms with Crippen LogP contribution >= 0.6 is 0 Å². The third-order valence-electron chi connectivity index (χ3n) is 3.19. The molecule has 1 aromatic rings. The number of methoxy groups -OCH3 is 1. The topological polar surface area (TPSA) is 49.7 Å². The van der Waals surface area contributed by atoms with E-state index >= 15 is 0 Å². The summed E-state index contributed by atoms with van der Waals surface area (Å²) in [5.74, 6) is 0.137. The Kier molecular flexibility index (Phi) is 5.83. The van der Waals surface area contributed by atoms with Gasteiger partial charge in [0.2, 0.25) is 0 Å². The number of aliphatic hydroxyl groups excluding tert-OH is 2. The standard InChI is InChI=1S/C14H19F3O3/c1-3-11(18)12(19)7-5-9-4-6-10(14(15,16)17)8-13(9)20-2/h4,6,8,11-12,18-19H,3,5,7H2,1-2H3. The SMILES string of the molecule is CCC(O)C(O)CCc1ccc(C(F)(F)F)cc1OC. The van der Waals surface area contributed by atoms with E-state index in [2.05, 4.69) is 0 Å². The summed E-state index contributed by atoms with van der Waals surface area (Å²) in [6, 6.07) is 3.27. The fourth-order valence-electron chi connectivity index (χ4n) is 1.90. The minimum Gasteiger partial charge on any atom is -0.496 e. The van der Waals surface area contributed by atoms with E-state index in [0.717, 1.165) is 12.1 Å². The molecule has 0 spiro atoms.